The first-order valence-corrected chi connectivity index (χ1v) is 8.97. The van der Waals surface area contributed by atoms with Crippen LogP contribution in [-0.4, -0.2) is 30.7 Å². The normalized spacial score (nSPS) is 10.1. The van der Waals surface area contributed by atoms with Gasteiger partial charge in [-0.25, -0.2) is 0 Å². The Morgan fingerprint density at radius 2 is 1.67 bits per heavy atom. The van der Waals surface area contributed by atoms with Gasteiger partial charge in [0, 0.05) is 36.2 Å². The van der Waals surface area contributed by atoms with E-state index in [9.17, 15) is 14.4 Å². The molecule has 0 aliphatic carbocycles. The van der Waals surface area contributed by atoms with Crippen LogP contribution in [0.4, 0.5) is 5.69 Å². The second-order valence-corrected chi connectivity index (χ2v) is 5.87. The average Bonchev–Trinajstić information content (AvgIpc) is 2.67. The largest absolute Gasteiger partial charge is 0.494 e. The standard InChI is InChI=1S/C21H24N2O4/c1-3-22-21(26)16-6-5-7-17(14-16)23-20(25)13-12-19(24)15-8-10-18(11-9-15)27-4-2/h5-11,14H,3-4,12-13H2,1-2H3,(H,22,26)(H,23,25). The van der Waals surface area contributed by atoms with E-state index in [0.29, 0.717) is 35.7 Å². The average molecular weight is 368 g/mol. The van der Waals surface area contributed by atoms with E-state index >= 15 is 0 Å². The Bertz CT molecular complexity index is 800. The Kier molecular flexibility index (Phi) is 7.55. The van der Waals surface area contributed by atoms with Gasteiger partial charge in [0.2, 0.25) is 5.91 Å². The molecule has 0 radical (unpaired) electrons. The minimum Gasteiger partial charge on any atom is -0.494 e. The van der Waals surface area contributed by atoms with Gasteiger partial charge in [0.15, 0.2) is 5.78 Å². The molecule has 0 fully saturated rings. The van der Waals surface area contributed by atoms with Crippen LogP contribution in [-0.2, 0) is 4.79 Å². The van der Waals surface area contributed by atoms with Gasteiger partial charge in [0.25, 0.3) is 5.91 Å². The van der Waals surface area contributed by atoms with Gasteiger partial charge >= 0.3 is 0 Å². The molecule has 2 N–H and O–H groups in total. The molecule has 0 atom stereocenters. The lowest BCUT2D eigenvalue weighted by Gasteiger charge is -2.08. The lowest BCUT2D eigenvalue weighted by atomic mass is 10.1. The van der Waals surface area contributed by atoms with E-state index in [4.69, 9.17) is 4.74 Å². The maximum Gasteiger partial charge on any atom is 0.251 e. The summed E-state index contributed by atoms with van der Waals surface area (Å²) in [6, 6.07) is 13.6. The number of benzene rings is 2. The molecule has 2 aromatic carbocycles. The fourth-order valence-electron chi connectivity index (χ4n) is 2.50. The lowest BCUT2D eigenvalue weighted by Crippen LogP contribution is -2.22. The molecule has 0 saturated heterocycles. The lowest BCUT2D eigenvalue weighted by molar-refractivity contribution is -0.116. The molecule has 0 aromatic heterocycles. The summed E-state index contributed by atoms with van der Waals surface area (Å²) < 4.78 is 5.34. The number of anilines is 1. The van der Waals surface area contributed by atoms with Gasteiger partial charge in [-0.15, -0.1) is 0 Å². The quantitative estimate of drug-likeness (QED) is 0.664. The third-order valence-electron chi connectivity index (χ3n) is 3.81. The van der Waals surface area contributed by atoms with Crippen LogP contribution in [0.25, 0.3) is 0 Å². The molecule has 142 valence electrons. The minimum atomic E-state index is -0.276. The van der Waals surface area contributed by atoms with Gasteiger partial charge in [0.1, 0.15) is 5.75 Å². The number of ketones is 1. The molecular formula is C21H24N2O4. The molecule has 0 heterocycles. The highest BCUT2D eigenvalue weighted by molar-refractivity contribution is 6.01. The van der Waals surface area contributed by atoms with Crippen LogP contribution < -0.4 is 15.4 Å². The Labute approximate surface area is 158 Å². The van der Waals surface area contributed by atoms with Crippen LogP contribution in [0.5, 0.6) is 5.75 Å². The van der Waals surface area contributed by atoms with Gasteiger partial charge in [-0.3, -0.25) is 14.4 Å². The predicted molar refractivity (Wildman–Crippen MR) is 104 cm³/mol. The molecule has 0 saturated carbocycles. The van der Waals surface area contributed by atoms with Crippen molar-refractivity contribution in [2.75, 3.05) is 18.5 Å². The minimum absolute atomic E-state index is 0.0669. The Hall–Kier alpha value is -3.15. The van der Waals surface area contributed by atoms with E-state index in [1.165, 1.54) is 0 Å². The number of nitrogens with one attached hydrogen (secondary N) is 2. The van der Waals surface area contributed by atoms with Gasteiger partial charge in [0.05, 0.1) is 6.61 Å². The number of Topliss-reactive ketones (excluding diaryl/α,β-unsaturated/α-hetero) is 1. The van der Waals surface area contributed by atoms with Crippen molar-refractivity contribution < 1.29 is 19.1 Å². The third kappa shape index (κ3) is 6.26. The fourth-order valence-corrected chi connectivity index (χ4v) is 2.50. The number of amides is 2. The first kappa shape index (κ1) is 20.2. The topological polar surface area (TPSA) is 84.5 Å². The highest BCUT2D eigenvalue weighted by Crippen LogP contribution is 2.15. The van der Waals surface area contributed by atoms with Gasteiger partial charge in [-0.2, -0.15) is 0 Å². The van der Waals surface area contributed by atoms with E-state index in [1.807, 2.05) is 13.8 Å². The van der Waals surface area contributed by atoms with Crippen LogP contribution >= 0.6 is 0 Å². The number of ether oxygens (including phenoxy) is 1. The summed E-state index contributed by atoms with van der Waals surface area (Å²) in [5.74, 6) is 0.129. The van der Waals surface area contributed by atoms with Gasteiger partial charge in [-0.05, 0) is 56.3 Å². The van der Waals surface area contributed by atoms with Crippen molar-refractivity contribution in [2.24, 2.45) is 0 Å². The zero-order valence-electron chi connectivity index (χ0n) is 15.6. The van der Waals surface area contributed by atoms with E-state index in [1.54, 1.807) is 48.5 Å². The Balaban J connectivity index is 1.87. The van der Waals surface area contributed by atoms with Crippen LogP contribution in [0.2, 0.25) is 0 Å². The molecule has 2 aromatic rings. The molecule has 6 nitrogen and oxygen atoms in total. The molecule has 6 heteroatoms. The molecule has 0 bridgehead atoms. The van der Waals surface area contributed by atoms with E-state index < -0.39 is 0 Å². The smallest absolute Gasteiger partial charge is 0.251 e. The van der Waals surface area contributed by atoms with Crippen LogP contribution in [0.3, 0.4) is 0 Å². The molecular weight excluding hydrogens is 344 g/mol. The summed E-state index contributed by atoms with van der Waals surface area (Å²) in [6.45, 7) is 4.83. The first-order valence-electron chi connectivity index (χ1n) is 8.97. The first-order chi connectivity index (χ1) is 13.0. The second kappa shape index (κ2) is 10.1. The monoisotopic (exact) mass is 368 g/mol. The van der Waals surface area contributed by atoms with E-state index in [-0.39, 0.29) is 30.4 Å². The summed E-state index contributed by atoms with van der Waals surface area (Å²) in [4.78, 5) is 36.2. The van der Waals surface area contributed by atoms with Gasteiger partial charge in [-0.1, -0.05) is 6.07 Å². The van der Waals surface area contributed by atoms with Crippen LogP contribution in [0, 0.1) is 0 Å². The van der Waals surface area contributed by atoms with E-state index in [2.05, 4.69) is 10.6 Å². The fraction of sp³-hybridized carbons (Fsp3) is 0.286. The summed E-state index contributed by atoms with van der Waals surface area (Å²) in [5, 5.41) is 5.43. The maximum atomic E-state index is 12.2. The molecule has 2 rings (SSSR count). The molecule has 27 heavy (non-hydrogen) atoms. The number of hydrogen-bond acceptors (Lipinski definition) is 4. The molecule has 0 aliphatic heterocycles. The van der Waals surface area contributed by atoms with Crippen LogP contribution in [0.1, 0.15) is 47.4 Å². The predicted octanol–water partition coefficient (Wildman–Crippen LogP) is 3.44. The van der Waals surface area contributed by atoms with Crippen LogP contribution in [0.15, 0.2) is 48.5 Å². The number of rotatable bonds is 9. The SMILES string of the molecule is CCNC(=O)c1cccc(NC(=O)CCC(=O)c2ccc(OCC)cc2)c1. The Morgan fingerprint density at radius 1 is 0.926 bits per heavy atom. The number of carbonyl (C=O) groups is 3. The molecule has 0 unspecified atom stereocenters. The zero-order valence-corrected chi connectivity index (χ0v) is 15.6. The summed E-state index contributed by atoms with van der Waals surface area (Å²) >= 11 is 0. The number of carbonyl (C=O) groups excluding carboxylic acids is 3. The number of hydrogen-bond donors (Lipinski definition) is 2. The molecule has 2 amide bonds. The molecule has 0 aliphatic rings. The van der Waals surface area contributed by atoms with Crippen molar-refractivity contribution in [2.45, 2.75) is 26.7 Å². The summed E-state index contributed by atoms with van der Waals surface area (Å²) in [7, 11) is 0. The van der Waals surface area contributed by atoms with Crippen molar-refractivity contribution in [1.82, 2.24) is 5.32 Å². The van der Waals surface area contributed by atoms with Crippen molar-refractivity contribution >= 4 is 23.3 Å². The van der Waals surface area contributed by atoms with Crippen molar-refractivity contribution in [3.05, 3.63) is 59.7 Å². The van der Waals surface area contributed by atoms with E-state index in [0.717, 1.165) is 0 Å². The van der Waals surface area contributed by atoms with Crippen molar-refractivity contribution in [1.29, 1.82) is 0 Å². The summed E-state index contributed by atoms with van der Waals surface area (Å²) in [6.07, 6.45) is 0.174. The second-order valence-electron chi connectivity index (χ2n) is 5.87. The third-order valence-corrected chi connectivity index (χ3v) is 3.81. The van der Waals surface area contributed by atoms with Gasteiger partial charge < -0.3 is 15.4 Å². The Morgan fingerprint density at radius 3 is 2.33 bits per heavy atom. The highest BCUT2D eigenvalue weighted by atomic mass is 16.5. The maximum absolute atomic E-state index is 12.2. The zero-order chi connectivity index (χ0) is 19.6. The highest BCUT2D eigenvalue weighted by Gasteiger charge is 2.11. The summed E-state index contributed by atoms with van der Waals surface area (Å²) in [5.41, 5.74) is 1.54. The molecule has 0 spiro atoms. The van der Waals surface area contributed by atoms with Crippen molar-refractivity contribution in [3.63, 3.8) is 0 Å². The van der Waals surface area contributed by atoms with Crippen molar-refractivity contribution in [3.8, 4) is 5.75 Å².